The largest absolute Gasteiger partial charge is 0.497 e. The molecule has 1 aromatic heterocycles. The van der Waals surface area contributed by atoms with Gasteiger partial charge in [-0.05, 0) is 55.3 Å². The molecule has 0 fully saturated rings. The molecule has 1 N–H and O–H groups in total. The van der Waals surface area contributed by atoms with Gasteiger partial charge in [0.15, 0.2) is 0 Å². The molecule has 0 aliphatic carbocycles. The Morgan fingerprint density at radius 3 is 2.45 bits per heavy atom. The van der Waals surface area contributed by atoms with Gasteiger partial charge in [0.05, 0.1) is 32.0 Å². The predicted octanol–water partition coefficient (Wildman–Crippen LogP) is 4.14. The highest BCUT2D eigenvalue weighted by atomic mass is 16.5. The van der Waals surface area contributed by atoms with Crippen LogP contribution in [0.5, 0.6) is 11.5 Å². The molecular formula is C23H27N3O3. The number of nitrogens with zero attached hydrogens (tertiary/aromatic N) is 2. The van der Waals surface area contributed by atoms with Crippen LogP contribution in [0.3, 0.4) is 0 Å². The molecule has 152 valence electrons. The summed E-state index contributed by atoms with van der Waals surface area (Å²) in [5.74, 6) is 1.55. The Morgan fingerprint density at radius 2 is 1.79 bits per heavy atom. The van der Waals surface area contributed by atoms with Gasteiger partial charge < -0.3 is 9.47 Å². The van der Waals surface area contributed by atoms with Crippen molar-refractivity contribution in [2.24, 2.45) is 4.99 Å². The lowest BCUT2D eigenvalue weighted by atomic mass is 10.1. The minimum Gasteiger partial charge on any atom is -0.497 e. The highest BCUT2D eigenvalue weighted by Crippen LogP contribution is 2.17. The average molecular weight is 393 g/mol. The third kappa shape index (κ3) is 4.59. The second kappa shape index (κ2) is 9.28. The number of rotatable bonds is 8. The van der Waals surface area contributed by atoms with Crippen LogP contribution in [0.1, 0.15) is 37.1 Å². The van der Waals surface area contributed by atoms with Crippen molar-refractivity contribution in [1.82, 2.24) is 9.78 Å². The Bertz CT molecular complexity index is 1050. The van der Waals surface area contributed by atoms with E-state index in [9.17, 15) is 4.79 Å². The van der Waals surface area contributed by atoms with Gasteiger partial charge in [0.25, 0.3) is 5.56 Å². The quantitative estimate of drug-likeness (QED) is 0.585. The van der Waals surface area contributed by atoms with Crippen molar-refractivity contribution in [3.8, 4) is 17.2 Å². The number of hydrogen-bond donors (Lipinski definition) is 1. The van der Waals surface area contributed by atoms with Gasteiger partial charge in [0.2, 0.25) is 0 Å². The molecule has 2 aromatic carbocycles. The maximum absolute atomic E-state index is 13.2. The Morgan fingerprint density at radius 1 is 1.07 bits per heavy atom. The number of ether oxygens (including phenoxy) is 2. The Hall–Kier alpha value is -3.28. The van der Waals surface area contributed by atoms with Crippen molar-refractivity contribution in [3.05, 3.63) is 75.7 Å². The maximum atomic E-state index is 13.2. The highest BCUT2D eigenvalue weighted by Gasteiger charge is 2.17. The molecule has 0 atom stereocenters. The first-order chi connectivity index (χ1) is 14.1. The summed E-state index contributed by atoms with van der Waals surface area (Å²) >= 11 is 0. The lowest BCUT2D eigenvalue weighted by Gasteiger charge is -2.04. The minimum atomic E-state index is -0.0921. The van der Waals surface area contributed by atoms with Crippen LogP contribution < -0.4 is 15.0 Å². The number of hydrogen-bond acceptors (Lipinski definition) is 4. The van der Waals surface area contributed by atoms with E-state index in [-0.39, 0.29) is 5.56 Å². The summed E-state index contributed by atoms with van der Waals surface area (Å²) in [7, 11) is 3.27. The number of methoxy groups -OCH3 is 2. The number of aromatic amines is 1. The number of aliphatic imine (C=N–C) groups is 1. The number of H-pyrrole nitrogens is 1. The second-order valence-corrected chi connectivity index (χ2v) is 6.81. The fourth-order valence-corrected chi connectivity index (χ4v) is 3.26. The van der Waals surface area contributed by atoms with Crippen molar-refractivity contribution >= 4 is 5.71 Å². The molecule has 3 aromatic rings. The van der Waals surface area contributed by atoms with Crippen LogP contribution in [0.4, 0.5) is 0 Å². The van der Waals surface area contributed by atoms with Crippen molar-refractivity contribution in [3.63, 3.8) is 0 Å². The first-order valence-electron chi connectivity index (χ1n) is 9.70. The van der Waals surface area contributed by atoms with E-state index in [0.29, 0.717) is 12.1 Å². The Balaban J connectivity index is 1.95. The van der Waals surface area contributed by atoms with Gasteiger partial charge in [-0.2, -0.15) is 0 Å². The average Bonchev–Trinajstić information content (AvgIpc) is 3.08. The number of benzene rings is 2. The lowest BCUT2D eigenvalue weighted by molar-refractivity contribution is 0.414. The van der Waals surface area contributed by atoms with Crippen molar-refractivity contribution < 1.29 is 9.47 Å². The molecule has 0 amide bonds. The van der Waals surface area contributed by atoms with Crippen LogP contribution in [0.2, 0.25) is 0 Å². The van der Waals surface area contributed by atoms with Crippen LogP contribution in [0.25, 0.3) is 5.69 Å². The predicted molar refractivity (Wildman–Crippen MR) is 116 cm³/mol. The van der Waals surface area contributed by atoms with E-state index in [1.54, 1.807) is 18.9 Å². The van der Waals surface area contributed by atoms with E-state index in [1.807, 2.05) is 55.5 Å². The smallest absolute Gasteiger partial charge is 0.280 e. The summed E-state index contributed by atoms with van der Waals surface area (Å²) in [6, 6.07) is 15.2. The molecule has 0 aliphatic heterocycles. The normalized spacial score (nSPS) is 11.5. The molecule has 6 heteroatoms. The molecule has 0 saturated heterocycles. The summed E-state index contributed by atoms with van der Waals surface area (Å²) in [5.41, 5.74) is 3.98. The van der Waals surface area contributed by atoms with Gasteiger partial charge in [-0.3, -0.25) is 14.9 Å². The maximum Gasteiger partial charge on any atom is 0.280 e. The van der Waals surface area contributed by atoms with E-state index in [4.69, 9.17) is 9.47 Å². The van der Waals surface area contributed by atoms with E-state index in [2.05, 4.69) is 17.0 Å². The summed E-state index contributed by atoms with van der Waals surface area (Å²) < 4.78 is 12.0. The van der Waals surface area contributed by atoms with E-state index in [0.717, 1.165) is 47.0 Å². The van der Waals surface area contributed by atoms with Gasteiger partial charge in [-0.25, -0.2) is 4.68 Å². The first-order valence-corrected chi connectivity index (χ1v) is 9.70. The Labute approximate surface area is 170 Å². The molecule has 0 unspecified atom stereocenters. The summed E-state index contributed by atoms with van der Waals surface area (Å²) in [6.45, 7) is 4.47. The third-order valence-electron chi connectivity index (χ3n) is 4.79. The Kier molecular flexibility index (Phi) is 6.54. The standard InChI is InChI=1S/C23H27N3O3/c1-5-7-21-22(16(2)24-15-17-8-6-9-20(14-17)29-4)23(27)26(25-21)18-10-12-19(28-3)13-11-18/h6,8-14,25H,5,7,15H2,1-4H3. The molecule has 6 nitrogen and oxygen atoms in total. The van der Waals surface area contributed by atoms with E-state index in [1.165, 1.54) is 0 Å². The summed E-state index contributed by atoms with van der Waals surface area (Å²) in [4.78, 5) is 17.9. The molecule has 3 rings (SSSR count). The molecule has 1 heterocycles. The van der Waals surface area contributed by atoms with E-state index >= 15 is 0 Å². The number of aromatic nitrogens is 2. The van der Waals surface area contributed by atoms with Crippen molar-refractivity contribution in [2.45, 2.75) is 33.2 Å². The molecule has 0 bridgehead atoms. The lowest BCUT2D eigenvalue weighted by Crippen LogP contribution is -2.19. The molecule has 0 saturated carbocycles. The van der Waals surface area contributed by atoms with Gasteiger partial charge in [0, 0.05) is 11.4 Å². The number of aryl methyl sites for hydroxylation is 1. The summed E-state index contributed by atoms with van der Waals surface area (Å²) in [5, 5.41) is 3.26. The van der Waals surface area contributed by atoms with Gasteiger partial charge in [0.1, 0.15) is 11.5 Å². The van der Waals surface area contributed by atoms with Gasteiger partial charge >= 0.3 is 0 Å². The molecular weight excluding hydrogens is 366 g/mol. The highest BCUT2D eigenvalue weighted by molar-refractivity contribution is 5.99. The topological polar surface area (TPSA) is 68.6 Å². The van der Waals surface area contributed by atoms with Crippen LogP contribution in [0, 0.1) is 0 Å². The zero-order chi connectivity index (χ0) is 20.8. The molecule has 0 aliphatic rings. The first kappa shape index (κ1) is 20.5. The van der Waals surface area contributed by atoms with Crippen molar-refractivity contribution in [1.29, 1.82) is 0 Å². The zero-order valence-corrected chi connectivity index (χ0v) is 17.4. The monoisotopic (exact) mass is 393 g/mol. The molecule has 0 spiro atoms. The summed E-state index contributed by atoms with van der Waals surface area (Å²) in [6.07, 6.45) is 1.71. The van der Waals surface area contributed by atoms with Gasteiger partial charge in [-0.15, -0.1) is 0 Å². The molecule has 29 heavy (non-hydrogen) atoms. The zero-order valence-electron chi connectivity index (χ0n) is 17.4. The fourth-order valence-electron chi connectivity index (χ4n) is 3.26. The third-order valence-corrected chi connectivity index (χ3v) is 4.79. The fraction of sp³-hybridized carbons (Fsp3) is 0.304. The van der Waals surface area contributed by atoms with Crippen LogP contribution >= 0.6 is 0 Å². The van der Waals surface area contributed by atoms with Crippen molar-refractivity contribution in [2.75, 3.05) is 14.2 Å². The minimum absolute atomic E-state index is 0.0921. The van der Waals surface area contributed by atoms with Crippen LogP contribution in [-0.2, 0) is 13.0 Å². The SMILES string of the molecule is CCCc1[nH]n(-c2ccc(OC)cc2)c(=O)c1C(C)=NCc1cccc(OC)c1. The van der Waals surface area contributed by atoms with Gasteiger partial charge in [-0.1, -0.05) is 25.5 Å². The molecule has 0 radical (unpaired) electrons. The number of nitrogens with one attached hydrogen (secondary N) is 1. The van der Waals surface area contributed by atoms with Crippen LogP contribution in [-0.4, -0.2) is 29.7 Å². The van der Waals surface area contributed by atoms with E-state index < -0.39 is 0 Å². The second-order valence-electron chi connectivity index (χ2n) is 6.81. The van der Waals surface area contributed by atoms with Crippen LogP contribution in [0.15, 0.2) is 58.3 Å².